The third-order valence-corrected chi connectivity index (χ3v) is 2.68. The molecule has 0 aliphatic carbocycles. The summed E-state index contributed by atoms with van der Waals surface area (Å²) in [5, 5.41) is 3.99. The van der Waals surface area contributed by atoms with Crippen LogP contribution in [-0.4, -0.2) is 24.7 Å². The summed E-state index contributed by atoms with van der Waals surface area (Å²) in [4.78, 5) is 11.9. The fourth-order valence-corrected chi connectivity index (χ4v) is 1.64. The van der Waals surface area contributed by atoms with Crippen LogP contribution in [0, 0.1) is 12.7 Å². The Hall–Kier alpha value is -3.03. The predicted octanol–water partition coefficient (Wildman–Crippen LogP) is 1.88. The van der Waals surface area contributed by atoms with E-state index in [0.717, 1.165) is 0 Å². The van der Waals surface area contributed by atoms with Gasteiger partial charge in [-0.1, -0.05) is 6.07 Å². The van der Waals surface area contributed by atoms with Crippen molar-refractivity contribution in [2.75, 3.05) is 5.73 Å². The number of benzene rings is 1. The lowest BCUT2D eigenvalue weighted by Crippen LogP contribution is -2.07. The Morgan fingerprint density at radius 2 is 2.10 bits per heavy atom. The molecule has 0 saturated heterocycles. The van der Waals surface area contributed by atoms with E-state index in [-0.39, 0.29) is 29.5 Å². The maximum Gasteiger partial charge on any atom is 0.328 e. The van der Waals surface area contributed by atoms with Crippen molar-refractivity contribution in [3.8, 4) is 17.7 Å². The molecule has 0 unspecified atom stereocenters. The minimum atomic E-state index is -0.373. The number of nitrogens with zero attached hydrogens (tertiary/aromatic N) is 5. The van der Waals surface area contributed by atoms with Gasteiger partial charge < -0.3 is 10.5 Å². The molecular weight excluding hydrogens is 275 g/mol. The Bertz CT molecular complexity index is 774. The van der Waals surface area contributed by atoms with Gasteiger partial charge in [-0.3, -0.25) is 0 Å². The molecule has 3 rings (SSSR count). The molecular formula is C13H11FN6O. The summed E-state index contributed by atoms with van der Waals surface area (Å²) in [6.07, 6.45) is 3.24. The molecule has 7 nitrogen and oxygen atoms in total. The number of ether oxygens (including phenoxy) is 1. The molecule has 2 aromatic heterocycles. The van der Waals surface area contributed by atoms with Gasteiger partial charge >= 0.3 is 6.01 Å². The Balaban J connectivity index is 1.93. The van der Waals surface area contributed by atoms with Gasteiger partial charge in [-0.15, -0.1) is 0 Å². The van der Waals surface area contributed by atoms with Gasteiger partial charge in [-0.25, -0.2) is 9.07 Å². The van der Waals surface area contributed by atoms with Crippen LogP contribution in [0.1, 0.15) is 5.56 Å². The highest BCUT2D eigenvalue weighted by molar-refractivity contribution is 5.31. The van der Waals surface area contributed by atoms with Crippen LogP contribution in [0.3, 0.4) is 0 Å². The number of halogens is 1. The first-order valence-corrected chi connectivity index (χ1v) is 6.07. The molecule has 3 aromatic rings. The summed E-state index contributed by atoms with van der Waals surface area (Å²) < 4.78 is 20.3. The van der Waals surface area contributed by atoms with Crippen molar-refractivity contribution in [1.82, 2.24) is 24.7 Å². The summed E-state index contributed by atoms with van der Waals surface area (Å²) in [6, 6.07) is 6.16. The highest BCUT2D eigenvalue weighted by atomic mass is 19.1. The number of nitrogen functional groups attached to an aromatic ring is 1. The molecule has 1 aromatic carbocycles. The lowest BCUT2D eigenvalue weighted by Gasteiger charge is -2.07. The van der Waals surface area contributed by atoms with Crippen molar-refractivity contribution in [3.63, 3.8) is 0 Å². The van der Waals surface area contributed by atoms with Crippen molar-refractivity contribution in [1.29, 1.82) is 0 Å². The second-order valence-electron chi connectivity index (χ2n) is 4.24. The van der Waals surface area contributed by atoms with Crippen LogP contribution in [-0.2, 0) is 0 Å². The van der Waals surface area contributed by atoms with Crippen LogP contribution >= 0.6 is 0 Å². The zero-order valence-electron chi connectivity index (χ0n) is 11.1. The Morgan fingerprint density at radius 3 is 2.81 bits per heavy atom. The SMILES string of the molecule is Cc1ccc(Oc2nc(N)nc(-n3cccn3)n2)cc1F. The van der Waals surface area contributed by atoms with E-state index in [1.807, 2.05) is 0 Å². The molecule has 8 heteroatoms. The van der Waals surface area contributed by atoms with Crippen molar-refractivity contribution in [2.24, 2.45) is 0 Å². The molecule has 2 heterocycles. The largest absolute Gasteiger partial charge is 0.424 e. The van der Waals surface area contributed by atoms with Gasteiger partial charge in [0, 0.05) is 18.5 Å². The highest BCUT2D eigenvalue weighted by Crippen LogP contribution is 2.21. The second kappa shape index (κ2) is 5.16. The summed E-state index contributed by atoms with van der Waals surface area (Å²) in [5.74, 6) is 0.102. The predicted molar refractivity (Wildman–Crippen MR) is 72.6 cm³/mol. The zero-order chi connectivity index (χ0) is 14.8. The van der Waals surface area contributed by atoms with Crippen LogP contribution in [0.4, 0.5) is 10.3 Å². The van der Waals surface area contributed by atoms with E-state index in [0.29, 0.717) is 5.56 Å². The molecule has 0 aliphatic rings. The quantitative estimate of drug-likeness (QED) is 0.790. The van der Waals surface area contributed by atoms with E-state index in [4.69, 9.17) is 10.5 Å². The normalized spacial score (nSPS) is 10.6. The van der Waals surface area contributed by atoms with Crippen LogP contribution in [0.25, 0.3) is 5.95 Å². The minimum absolute atomic E-state index is 0.0157. The molecule has 0 atom stereocenters. The topological polar surface area (TPSA) is 91.7 Å². The molecule has 0 aliphatic heterocycles. The number of aromatic nitrogens is 5. The van der Waals surface area contributed by atoms with Gasteiger partial charge in [0.25, 0.3) is 5.95 Å². The minimum Gasteiger partial charge on any atom is -0.424 e. The molecule has 21 heavy (non-hydrogen) atoms. The number of hydrogen-bond donors (Lipinski definition) is 1. The van der Waals surface area contributed by atoms with Gasteiger partial charge in [0.2, 0.25) is 5.95 Å². The first-order chi connectivity index (χ1) is 10.1. The van der Waals surface area contributed by atoms with Crippen LogP contribution in [0.15, 0.2) is 36.7 Å². The second-order valence-corrected chi connectivity index (χ2v) is 4.24. The third-order valence-electron chi connectivity index (χ3n) is 2.68. The van der Waals surface area contributed by atoms with E-state index in [2.05, 4.69) is 20.1 Å². The monoisotopic (exact) mass is 286 g/mol. The zero-order valence-corrected chi connectivity index (χ0v) is 11.1. The maximum absolute atomic E-state index is 13.5. The van der Waals surface area contributed by atoms with Crippen molar-refractivity contribution < 1.29 is 9.13 Å². The van der Waals surface area contributed by atoms with Gasteiger partial charge in [0.05, 0.1) is 0 Å². The van der Waals surface area contributed by atoms with Gasteiger partial charge in [0.1, 0.15) is 11.6 Å². The van der Waals surface area contributed by atoms with Gasteiger partial charge in [-0.2, -0.15) is 20.1 Å². The average Bonchev–Trinajstić information content (AvgIpc) is 2.96. The number of rotatable bonds is 3. The fourth-order valence-electron chi connectivity index (χ4n) is 1.64. The highest BCUT2D eigenvalue weighted by Gasteiger charge is 2.09. The van der Waals surface area contributed by atoms with Crippen molar-refractivity contribution >= 4 is 5.95 Å². The van der Waals surface area contributed by atoms with E-state index < -0.39 is 0 Å². The van der Waals surface area contributed by atoms with Gasteiger partial charge in [-0.05, 0) is 24.6 Å². The first kappa shape index (κ1) is 13.0. The Kier molecular flexibility index (Phi) is 3.19. The van der Waals surface area contributed by atoms with E-state index in [1.54, 1.807) is 37.5 Å². The number of aryl methyl sites for hydroxylation is 1. The van der Waals surface area contributed by atoms with Crippen LogP contribution < -0.4 is 10.5 Å². The summed E-state index contributed by atoms with van der Waals surface area (Å²) in [7, 11) is 0. The van der Waals surface area contributed by atoms with Gasteiger partial charge in [0.15, 0.2) is 0 Å². The Morgan fingerprint density at radius 1 is 1.24 bits per heavy atom. The molecule has 106 valence electrons. The molecule has 0 fully saturated rings. The van der Waals surface area contributed by atoms with Crippen LogP contribution in [0.2, 0.25) is 0 Å². The summed E-state index contributed by atoms with van der Waals surface area (Å²) in [6.45, 7) is 1.66. The summed E-state index contributed by atoms with van der Waals surface area (Å²) in [5.41, 5.74) is 6.14. The van der Waals surface area contributed by atoms with Crippen LogP contribution in [0.5, 0.6) is 11.8 Å². The fraction of sp³-hybridized carbons (Fsp3) is 0.0769. The molecule has 0 amide bonds. The number of nitrogens with two attached hydrogens (primary N) is 1. The number of anilines is 1. The van der Waals surface area contributed by atoms with Crippen molar-refractivity contribution in [2.45, 2.75) is 6.92 Å². The van der Waals surface area contributed by atoms with E-state index in [1.165, 1.54) is 10.7 Å². The molecule has 0 bridgehead atoms. The first-order valence-electron chi connectivity index (χ1n) is 6.07. The lowest BCUT2D eigenvalue weighted by molar-refractivity contribution is 0.434. The van der Waals surface area contributed by atoms with E-state index in [9.17, 15) is 4.39 Å². The molecule has 0 spiro atoms. The van der Waals surface area contributed by atoms with E-state index >= 15 is 0 Å². The molecule has 0 radical (unpaired) electrons. The average molecular weight is 286 g/mol. The smallest absolute Gasteiger partial charge is 0.328 e. The standard InChI is InChI=1S/C13H11FN6O/c1-8-3-4-9(7-10(8)14)21-13-18-11(15)17-12(19-13)20-6-2-5-16-20/h2-7H,1H3,(H2,15,17,18,19). The number of hydrogen-bond acceptors (Lipinski definition) is 6. The molecule has 0 saturated carbocycles. The molecule has 2 N–H and O–H groups in total. The summed E-state index contributed by atoms with van der Waals surface area (Å²) >= 11 is 0. The maximum atomic E-state index is 13.5. The third kappa shape index (κ3) is 2.78. The Labute approximate surface area is 119 Å². The van der Waals surface area contributed by atoms with Crippen molar-refractivity contribution in [3.05, 3.63) is 48.0 Å². The lowest BCUT2D eigenvalue weighted by atomic mass is 10.2.